The first kappa shape index (κ1) is 16.8. The van der Waals surface area contributed by atoms with Gasteiger partial charge in [-0.05, 0) is 68.9 Å². The van der Waals surface area contributed by atoms with E-state index in [4.69, 9.17) is 9.47 Å². The molecule has 0 aliphatic carbocycles. The third-order valence-electron chi connectivity index (χ3n) is 5.11. The van der Waals surface area contributed by atoms with Gasteiger partial charge in [0.25, 0.3) is 5.91 Å². The average molecular weight is 353 g/mol. The summed E-state index contributed by atoms with van der Waals surface area (Å²) in [5.74, 6) is 1.37. The molecule has 6 heteroatoms. The van der Waals surface area contributed by atoms with E-state index in [1.807, 2.05) is 29.2 Å². The zero-order valence-electron chi connectivity index (χ0n) is 14.9. The number of rotatable bonds is 4. The second-order valence-corrected chi connectivity index (χ2v) is 6.89. The number of carbonyl (C=O) groups is 1. The van der Waals surface area contributed by atoms with Crippen molar-refractivity contribution in [2.75, 3.05) is 26.9 Å². The highest BCUT2D eigenvalue weighted by molar-refractivity contribution is 5.95. The largest absolute Gasteiger partial charge is 0.454 e. The monoisotopic (exact) mass is 353 g/mol. The molecular formula is C20H23N3O3. The molecule has 1 saturated heterocycles. The molecule has 0 spiro atoms. The minimum atomic E-state index is 0.0367. The first-order valence-electron chi connectivity index (χ1n) is 8.99. The molecule has 2 aliphatic heterocycles. The molecule has 2 aliphatic rings. The SMILES string of the molecule is CN1CCC(N(Cc2ccncc2)C(=O)c2ccc3c(c2)OCO3)CC1. The van der Waals surface area contributed by atoms with Crippen LogP contribution in [0.4, 0.5) is 0 Å². The predicted octanol–water partition coefficient (Wildman–Crippen LogP) is 2.55. The van der Waals surface area contributed by atoms with Crippen LogP contribution in [0.5, 0.6) is 11.5 Å². The molecule has 1 aromatic heterocycles. The molecule has 1 fully saturated rings. The van der Waals surface area contributed by atoms with Crippen molar-refractivity contribution >= 4 is 5.91 Å². The first-order chi connectivity index (χ1) is 12.7. The van der Waals surface area contributed by atoms with Crippen LogP contribution in [-0.2, 0) is 6.54 Å². The van der Waals surface area contributed by atoms with Crippen molar-refractivity contribution in [3.63, 3.8) is 0 Å². The van der Waals surface area contributed by atoms with E-state index < -0.39 is 0 Å². The minimum Gasteiger partial charge on any atom is -0.454 e. The van der Waals surface area contributed by atoms with Crippen LogP contribution in [0.15, 0.2) is 42.7 Å². The Bertz CT molecular complexity index is 773. The lowest BCUT2D eigenvalue weighted by Gasteiger charge is -2.37. The summed E-state index contributed by atoms with van der Waals surface area (Å²) in [7, 11) is 2.13. The number of benzene rings is 1. The Kier molecular flexibility index (Phi) is 4.75. The second-order valence-electron chi connectivity index (χ2n) is 6.89. The van der Waals surface area contributed by atoms with Crippen molar-refractivity contribution in [1.29, 1.82) is 0 Å². The third-order valence-corrected chi connectivity index (χ3v) is 5.11. The van der Waals surface area contributed by atoms with Gasteiger partial charge in [-0.15, -0.1) is 0 Å². The Morgan fingerprint density at radius 3 is 2.65 bits per heavy atom. The second kappa shape index (κ2) is 7.33. The van der Waals surface area contributed by atoms with Crippen molar-refractivity contribution < 1.29 is 14.3 Å². The molecule has 2 aromatic rings. The van der Waals surface area contributed by atoms with Gasteiger partial charge in [-0.2, -0.15) is 0 Å². The van der Waals surface area contributed by atoms with Gasteiger partial charge in [0.05, 0.1) is 0 Å². The van der Waals surface area contributed by atoms with E-state index in [0.29, 0.717) is 23.6 Å². The van der Waals surface area contributed by atoms with Gasteiger partial charge < -0.3 is 19.3 Å². The Morgan fingerprint density at radius 1 is 1.15 bits per heavy atom. The summed E-state index contributed by atoms with van der Waals surface area (Å²) in [6.07, 6.45) is 5.51. The molecule has 3 heterocycles. The zero-order valence-corrected chi connectivity index (χ0v) is 14.9. The minimum absolute atomic E-state index is 0.0367. The van der Waals surface area contributed by atoms with Gasteiger partial charge in [0.2, 0.25) is 6.79 Å². The number of carbonyl (C=O) groups excluding carboxylic acids is 1. The maximum absolute atomic E-state index is 13.3. The molecule has 0 saturated carbocycles. The molecule has 0 bridgehead atoms. The van der Waals surface area contributed by atoms with E-state index in [9.17, 15) is 4.79 Å². The maximum Gasteiger partial charge on any atom is 0.254 e. The van der Waals surface area contributed by atoms with E-state index >= 15 is 0 Å². The van der Waals surface area contributed by atoms with E-state index in [-0.39, 0.29) is 18.7 Å². The molecular weight excluding hydrogens is 330 g/mol. The number of hydrogen-bond donors (Lipinski definition) is 0. The van der Waals surface area contributed by atoms with E-state index in [1.165, 1.54) is 0 Å². The van der Waals surface area contributed by atoms with Gasteiger partial charge in [0.1, 0.15) is 0 Å². The van der Waals surface area contributed by atoms with Crippen LogP contribution in [0.3, 0.4) is 0 Å². The summed E-state index contributed by atoms with van der Waals surface area (Å²) >= 11 is 0. The topological polar surface area (TPSA) is 54.9 Å². The maximum atomic E-state index is 13.3. The fourth-order valence-corrected chi connectivity index (χ4v) is 3.55. The molecule has 0 unspecified atom stereocenters. The molecule has 1 aromatic carbocycles. The molecule has 26 heavy (non-hydrogen) atoms. The van der Waals surface area contributed by atoms with Crippen molar-refractivity contribution in [1.82, 2.24) is 14.8 Å². The van der Waals surface area contributed by atoms with Crippen LogP contribution >= 0.6 is 0 Å². The summed E-state index contributed by atoms with van der Waals surface area (Å²) < 4.78 is 10.8. The first-order valence-corrected chi connectivity index (χ1v) is 8.99. The summed E-state index contributed by atoms with van der Waals surface area (Å²) in [5, 5.41) is 0. The quantitative estimate of drug-likeness (QED) is 0.845. The van der Waals surface area contributed by atoms with Gasteiger partial charge in [0.15, 0.2) is 11.5 Å². The fourth-order valence-electron chi connectivity index (χ4n) is 3.55. The van der Waals surface area contributed by atoms with Crippen molar-refractivity contribution in [3.05, 3.63) is 53.9 Å². The zero-order chi connectivity index (χ0) is 17.9. The number of nitrogens with zero attached hydrogens (tertiary/aromatic N) is 3. The molecule has 4 rings (SSSR count). The smallest absolute Gasteiger partial charge is 0.254 e. The van der Waals surface area contributed by atoms with Crippen LogP contribution in [0, 0.1) is 0 Å². The Balaban J connectivity index is 1.59. The third kappa shape index (κ3) is 3.51. The fraction of sp³-hybridized carbons (Fsp3) is 0.400. The molecule has 0 atom stereocenters. The van der Waals surface area contributed by atoms with E-state index in [0.717, 1.165) is 31.5 Å². The van der Waals surface area contributed by atoms with Crippen LogP contribution in [0.2, 0.25) is 0 Å². The highest BCUT2D eigenvalue weighted by atomic mass is 16.7. The van der Waals surface area contributed by atoms with Crippen molar-refractivity contribution in [3.8, 4) is 11.5 Å². The number of amides is 1. The van der Waals surface area contributed by atoms with E-state index in [2.05, 4.69) is 16.9 Å². The standard InChI is InChI=1S/C20H23N3O3/c1-22-10-6-17(7-11-22)23(13-15-4-8-21-9-5-15)20(24)16-2-3-18-19(12-16)26-14-25-18/h2-5,8-9,12,17H,6-7,10-11,13-14H2,1H3. The molecule has 6 nitrogen and oxygen atoms in total. The molecule has 136 valence electrons. The summed E-state index contributed by atoms with van der Waals surface area (Å²) in [5.41, 5.74) is 1.73. The van der Waals surface area contributed by atoms with Crippen molar-refractivity contribution in [2.45, 2.75) is 25.4 Å². The summed E-state index contributed by atoms with van der Waals surface area (Å²) in [6.45, 7) is 2.81. The number of fused-ring (bicyclic) bond motifs is 1. The van der Waals surface area contributed by atoms with Gasteiger partial charge in [-0.25, -0.2) is 0 Å². The van der Waals surface area contributed by atoms with Crippen LogP contribution in [0.1, 0.15) is 28.8 Å². The number of likely N-dealkylation sites (tertiary alicyclic amines) is 1. The van der Waals surface area contributed by atoms with Crippen LogP contribution in [0.25, 0.3) is 0 Å². The number of hydrogen-bond acceptors (Lipinski definition) is 5. The molecule has 0 N–H and O–H groups in total. The highest BCUT2D eigenvalue weighted by Crippen LogP contribution is 2.33. The lowest BCUT2D eigenvalue weighted by molar-refractivity contribution is 0.0569. The van der Waals surface area contributed by atoms with Gasteiger partial charge in [-0.3, -0.25) is 9.78 Å². The predicted molar refractivity (Wildman–Crippen MR) is 97.2 cm³/mol. The van der Waals surface area contributed by atoms with Crippen LogP contribution < -0.4 is 9.47 Å². The number of pyridine rings is 1. The van der Waals surface area contributed by atoms with E-state index in [1.54, 1.807) is 18.5 Å². The lowest BCUT2D eigenvalue weighted by atomic mass is 10.0. The highest BCUT2D eigenvalue weighted by Gasteiger charge is 2.28. The number of aromatic nitrogens is 1. The van der Waals surface area contributed by atoms with Crippen molar-refractivity contribution in [2.24, 2.45) is 0 Å². The summed E-state index contributed by atoms with van der Waals surface area (Å²) in [6, 6.07) is 9.60. The average Bonchev–Trinajstić information content (AvgIpc) is 3.15. The van der Waals surface area contributed by atoms with Gasteiger partial charge in [-0.1, -0.05) is 0 Å². The molecule has 1 amide bonds. The normalized spacial score (nSPS) is 17.3. The Labute approximate surface area is 153 Å². The van der Waals surface area contributed by atoms with Crippen LogP contribution in [-0.4, -0.2) is 53.7 Å². The molecule has 0 radical (unpaired) electrons. The van der Waals surface area contributed by atoms with Gasteiger partial charge in [0, 0.05) is 30.5 Å². The van der Waals surface area contributed by atoms with Gasteiger partial charge >= 0.3 is 0 Å². The lowest BCUT2D eigenvalue weighted by Crippen LogP contribution is -2.46. The summed E-state index contributed by atoms with van der Waals surface area (Å²) in [4.78, 5) is 21.7. The Morgan fingerprint density at radius 2 is 1.88 bits per heavy atom. The number of piperidine rings is 1. The number of ether oxygens (including phenoxy) is 2. The Hall–Kier alpha value is -2.60.